The Morgan fingerprint density at radius 3 is 2.10 bits per heavy atom. The summed E-state index contributed by atoms with van der Waals surface area (Å²) >= 11 is 8.86. The Hall–Kier alpha value is 0.380. The quantitative estimate of drug-likeness (QED) is 0.0527. The van der Waals surface area contributed by atoms with Gasteiger partial charge < -0.3 is 41.6 Å². The highest BCUT2D eigenvalue weighted by Crippen LogP contribution is 2.69. The predicted molar refractivity (Wildman–Crippen MR) is 216 cm³/mol. The summed E-state index contributed by atoms with van der Waals surface area (Å²) in [5, 5.41) is 3.75. The Morgan fingerprint density at radius 2 is 1.42 bits per heavy atom. The van der Waals surface area contributed by atoms with Gasteiger partial charge in [-0.05, 0) is 164 Å². The summed E-state index contributed by atoms with van der Waals surface area (Å²) in [4.78, 5) is 2.48. The molecule has 4 fully saturated rings. The normalized spacial score (nSPS) is 35.9. The van der Waals surface area contributed by atoms with E-state index in [0.29, 0.717) is 72.8 Å². The minimum absolute atomic E-state index is 0.160. The summed E-state index contributed by atoms with van der Waals surface area (Å²) < 4.78 is 20.4. The summed E-state index contributed by atoms with van der Waals surface area (Å²) in [6, 6.07) is 0. The number of nitrogens with two attached hydrogens (primary N) is 3. The Morgan fingerprint density at radius 1 is 0.760 bits per heavy atom. The lowest BCUT2D eigenvalue weighted by atomic mass is 9.43. The van der Waals surface area contributed by atoms with Crippen molar-refractivity contribution in [3.05, 3.63) is 0 Å². The van der Waals surface area contributed by atoms with Crippen LogP contribution in [0.25, 0.3) is 0 Å². The van der Waals surface area contributed by atoms with E-state index in [1.165, 1.54) is 38.5 Å². The zero-order valence-corrected chi connectivity index (χ0v) is 34.2. The molecule has 0 aliphatic heterocycles. The highest BCUT2D eigenvalue weighted by molar-refractivity contribution is 7.80. The Kier molecular flexibility index (Phi) is 19.0. The fourth-order valence-electron chi connectivity index (χ4n) is 11.5. The van der Waals surface area contributed by atoms with Crippen LogP contribution in [0.4, 0.5) is 0 Å². The molecule has 0 aromatic heterocycles. The molecule has 0 aromatic carbocycles. The van der Waals surface area contributed by atoms with Crippen LogP contribution in [-0.2, 0) is 14.2 Å². The lowest BCUT2D eigenvalue weighted by molar-refractivity contribution is -0.227. The lowest BCUT2D eigenvalue weighted by Gasteiger charge is -2.65. The van der Waals surface area contributed by atoms with Gasteiger partial charge in [-0.15, -0.1) is 0 Å². The fourth-order valence-corrected chi connectivity index (χ4v) is 12.1. The smallest absolute Gasteiger partial charge is 0.0637 e. The maximum absolute atomic E-state index is 7.04. The predicted octanol–water partition coefficient (Wildman–Crippen LogP) is 5.62. The summed E-state index contributed by atoms with van der Waals surface area (Å²) in [5.41, 5.74) is 18.2. The molecule has 8 nitrogen and oxygen atoms in total. The van der Waals surface area contributed by atoms with E-state index in [1.54, 1.807) is 0 Å². The Balaban J connectivity index is 1.45. The van der Waals surface area contributed by atoms with Crippen molar-refractivity contribution in [2.45, 2.75) is 123 Å². The van der Waals surface area contributed by atoms with Crippen LogP contribution >= 0.6 is 25.3 Å². The van der Waals surface area contributed by atoms with Crippen molar-refractivity contribution in [3.8, 4) is 0 Å². The molecule has 0 radical (unpaired) electrons. The molecule has 0 bridgehead atoms. The molecule has 4 saturated carbocycles. The number of hydrogen-bond donors (Lipinski definition) is 6. The summed E-state index contributed by atoms with van der Waals surface area (Å²) in [6.45, 7) is 17.7. The van der Waals surface area contributed by atoms with Crippen LogP contribution in [0.2, 0.25) is 0 Å². The van der Waals surface area contributed by atoms with E-state index in [-0.39, 0.29) is 11.5 Å². The SMILES string of the molecule is C[C@H](CCCNCCCN(CCS)CCS)[C@H]1CC[C@H]2C3[C@H](OCCCN)CC4C[C@H](OCCCN)CC[C@]4(C)[C@H]3C[C@H](OCCCN)C12C. The van der Waals surface area contributed by atoms with Crippen molar-refractivity contribution in [3.63, 3.8) is 0 Å². The van der Waals surface area contributed by atoms with E-state index < -0.39 is 0 Å². The van der Waals surface area contributed by atoms with Crippen LogP contribution < -0.4 is 22.5 Å². The number of rotatable bonds is 25. The highest BCUT2D eigenvalue weighted by Gasteiger charge is 2.66. The van der Waals surface area contributed by atoms with E-state index in [9.17, 15) is 0 Å². The summed E-state index contributed by atoms with van der Waals surface area (Å²) in [5.74, 6) is 5.63. The Bertz CT molecular complexity index is 933. The summed E-state index contributed by atoms with van der Waals surface area (Å²) in [6.07, 6.45) is 15.9. The molecule has 4 aliphatic carbocycles. The molecule has 294 valence electrons. The minimum Gasteiger partial charge on any atom is -0.378 e. The molecule has 4 aliphatic rings. The third kappa shape index (κ3) is 10.8. The van der Waals surface area contributed by atoms with E-state index >= 15 is 0 Å². The fraction of sp³-hybridized carbons (Fsp3) is 1.00. The molecule has 50 heavy (non-hydrogen) atoms. The first kappa shape index (κ1) is 43.1. The van der Waals surface area contributed by atoms with Crippen molar-refractivity contribution < 1.29 is 14.2 Å². The zero-order valence-electron chi connectivity index (χ0n) is 32.4. The molecule has 0 spiro atoms. The molecule has 7 N–H and O–H groups in total. The molecular weight excluding hydrogens is 663 g/mol. The van der Waals surface area contributed by atoms with Crippen LogP contribution in [0.5, 0.6) is 0 Å². The van der Waals surface area contributed by atoms with Gasteiger partial charge in [-0.2, -0.15) is 25.3 Å². The first-order chi connectivity index (χ1) is 24.3. The van der Waals surface area contributed by atoms with Crippen LogP contribution in [0.3, 0.4) is 0 Å². The van der Waals surface area contributed by atoms with Crippen molar-refractivity contribution in [1.82, 2.24) is 10.2 Å². The van der Waals surface area contributed by atoms with Gasteiger partial charge in [-0.1, -0.05) is 20.8 Å². The number of hydrogen-bond acceptors (Lipinski definition) is 10. The van der Waals surface area contributed by atoms with E-state index in [2.05, 4.69) is 56.2 Å². The molecule has 10 heteroatoms. The van der Waals surface area contributed by atoms with Crippen LogP contribution in [0.15, 0.2) is 0 Å². The zero-order chi connectivity index (χ0) is 36.0. The van der Waals surface area contributed by atoms with Gasteiger partial charge >= 0.3 is 0 Å². The second kappa shape index (κ2) is 22.1. The van der Waals surface area contributed by atoms with Gasteiger partial charge in [0.2, 0.25) is 0 Å². The number of thiol groups is 2. The molecule has 3 unspecified atom stereocenters. The minimum atomic E-state index is 0.160. The molecule has 4 rings (SSSR count). The molecule has 11 atom stereocenters. The second-order valence-electron chi connectivity index (χ2n) is 17.0. The third-order valence-electron chi connectivity index (χ3n) is 14.2. The molecular formula is C40H79N5O3S2. The van der Waals surface area contributed by atoms with Gasteiger partial charge in [0, 0.05) is 49.8 Å². The second-order valence-corrected chi connectivity index (χ2v) is 17.9. The van der Waals surface area contributed by atoms with Crippen molar-refractivity contribution in [2.24, 2.45) is 63.5 Å². The first-order valence-corrected chi connectivity index (χ1v) is 22.1. The monoisotopic (exact) mass is 742 g/mol. The molecule has 0 heterocycles. The van der Waals surface area contributed by atoms with Crippen LogP contribution in [0, 0.1) is 46.3 Å². The van der Waals surface area contributed by atoms with Crippen molar-refractivity contribution >= 4 is 25.3 Å². The van der Waals surface area contributed by atoms with E-state index in [1.807, 2.05) is 0 Å². The van der Waals surface area contributed by atoms with Gasteiger partial charge in [-0.25, -0.2) is 0 Å². The number of ether oxygens (including phenoxy) is 3. The maximum Gasteiger partial charge on any atom is 0.0637 e. The van der Waals surface area contributed by atoms with Crippen LogP contribution in [-0.4, -0.2) is 107 Å². The lowest BCUT2D eigenvalue weighted by Crippen LogP contribution is -2.63. The summed E-state index contributed by atoms with van der Waals surface area (Å²) in [7, 11) is 0. The van der Waals surface area contributed by atoms with Crippen molar-refractivity contribution in [2.75, 3.05) is 83.7 Å². The van der Waals surface area contributed by atoms with Gasteiger partial charge in [0.1, 0.15) is 0 Å². The maximum atomic E-state index is 7.04. The van der Waals surface area contributed by atoms with Gasteiger partial charge in [-0.3, -0.25) is 0 Å². The standard InChI is InChI=1S/C40H79N5O3S2/c1-30(9-4-17-44-18-8-19-45(20-25-49)21-26-50)33-10-11-34-38-35(29-37(40(33,34)3)48-24-7-16-43)39(2)13-12-32(46-22-5-14-41)27-31(39)28-36(38)47-23-6-15-42/h30-38,44,49-50H,4-29,41-43H2,1-3H3/t30-,31?,32-,33-,34+,35+,36-,37+,38?,39+,40?/m1/s1. The van der Waals surface area contributed by atoms with Gasteiger partial charge in [0.25, 0.3) is 0 Å². The number of fused-ring (bicyclic) bond motifs is 5. The average Bonchev–Trinajstić information content (AvgIpc) is 3.46. The third-order valence-corrected chi connectivity index (χ3v) is 14.6. The number of nitrogens with zero attached hydrogens (tertiary/aromatic N) is 1. The first-order valence-electron chi connectivity index (χ1n) is 20.9. The van der Waals surface area contributed by atoms with E-state index in [4.69, 9.17) is 31.4 Å². The topological polar surface area (TPSA) is 121 Å². The Labute approximate surface area is 318 Å². The van der Waals surface area contributed by atoms with Crippen LogP contribution in [0.1, 0.15) is 104 Å². The number of nitrogens with one attached hydrogen (secondary N) is 1. The highest BCUT2D eigenvalue weighted by atomic mass is 32.1. The largest absolute Gasteiger partial charge is 0.378 e. The van der Waals surface area contributed by atoms with Crippen molar-refractivity contribution in [1.29, 1.82) is 0 Å². The van der Waals surface area contributed by atoms with Gasteiger partial charge in [0.15, 0.2) is 0 Å². The molecule has 0 aromatic rings. The molecule has 0 amide bonds. The van der Waals surface area contributed by atoms with E-state index in [0.717, 1.165) is 109 Å². The van der Waals surface area contributed by atoms with Gasteiger partial charge in [0.05, 0.1) is 18.3 Å². The average molecular weight is 742 g/mol. The molecule has 0 saturated heterocycles.